The lowest BCUT2D eigenvalue weighted by Gasteiger charge is -2.19. The number of nitrogens with zero attached hydrogens (tertiary/aromatic N) is 2. The number of hydrogen-bond donors (Lipinski definition) is 3. The van der Waals surface area contributed by atoms with Gasteiger partial charge in [0.25, 0.3) is 0 Å². The monoisotopic (exact) mass is 250 g/mol. The van der Waals surface area contributed by atoms with Gasteiger partial charge in [-0.15, -0.1) is 0 Å². The maximum atomic E-state index is 9.37. The first-order valence-electron chi connectivity index (χ1n) is 6.71. The Labute approximate surface area is 108 Å². The van der Waals surface area contributed by atoms with Gasteiger partial charge in [0.2, 0.25) is 0 Å². The van der Waals surface area contributed by atoms with E-state index in [1.165, 1.54) is 0 Å². The normalized spacial score (nSPS) is 16.4. The highest BCUT2D eigenvalue weighted by atomic mass is 16.3. The summed E-state index contributed by atoms with van der Waals surface area (Å²) in [4.78, 5) is 8.62. The molecule has 1 saturated carbocycles. The number of aliphatic hydroxyl groups is 1. The van der Waals surface area contributed by atoms with Crippen LogP contribution in [0, 0.1) is 0 Å². The molecule has 0 bridgehead atoms. The van der Waals surface area contributed by atoms with Gasteiger partial charge in [0.05, 0.1) is 12.1 Å². The van der Waals surface area contributed by atoms with Crippen molar-refractivity contribution in [2.75, 3.05) is 23.8 Å². The molecule has 0 unspecified atom stereocenters. The summed E-state index contributed by atoms with van der Waals surface area (Å²) >= 11 is 0. The summed E-state index contributed by atoms with van der Waals surface area (Å²) in [5.74, 6) is 1.77. The molecule has 0 atom stereocenters. The van der Waals surface area contributed by atoms with Gasteiger partial charge in [0, 0.05) is 12.1 Å². The summed E-state index contributed by atoms with van der Waals surface area (Å²) in [5, 5.41) is 16.1. The van der Waals surface area contributed by atoms with Crippen molar-refractivity contribution in [2.24, 2.45) is 0 Å². The Hall–Kier alpha value is -1.36. The number of aromatic nitrogens is 2. The summed E-state index contributed by atoms with van der Waals surface area (Å²) < 4.78 is 0. The second kappa shape index (κ2) is 5.52. The summed E-state index contributed by atoms with van der Waals surface area (Å²) in [7, 11) is 0. The Morgan fingerprint density at radius 1 is 1.28 bits per heavy atom. The maximum absolute atomic E-state index is 9.37. The summed E-state index contributed by atoms with van der Waals surface area (Å²) in [6.07, 6.45) is 5.53. The molecular formula is C13H22N4O. The van der Waals surface area contributed by atoms with Crippen LogP contribution in [0.5, 0.6) is 0 Å². The van der Waals surface area contributed by atoms with Crippen LogP contribution < -0.4 is 10.6 Å². The molecule has 1 aliphatic rings. The predicted octanol–water partition coefficient (Wildman–Crippen LogP) is 1.80. The minimum atomic E-state index is -0.139. The van der Waals surface area contributed by atoms with Crippen LogP contribution in [0.3, 0.4) is 0 Å². The third-order valence-electron chi connectivity index (χ3n) is 3.38. The van der Waals surface area contributed by atoms with Crippen LogP contribution in [0.25, 0.3) is 0 Å². The number of anilines is 2. The molecule has 5 heteroatoms. The molecule has 1 aliphatic carbocycles. The second-order valence-corrected chi connectivity index (χ2v) is 4.89. The van der Waals surface area contributed by atoms with Crippen molar-refractivity contribution >= 4 is 11.6 Å². The largest absolute Gasteiger partial charge is 0.394 e. The number of rotatable bonds is 7. The average molecular weight is 250 g/mol. The zero-order valence-electron chi connectivity index (χ0n) is 11.2. The Morgan fingerprint density at radius 2 is 2.00 bits per heavy atom. The van der Waals surface area contributed by atoms with Crippen LogP contribution in [-0.4, -0.2) is 33.8 Å². The first-order valence-corrected chi connectivity index (χ1v) is 6.71. The second-order valence-electron chi connectivity index (χ2n) is 4.89. The molecule has 2 rings (SSSR count). The average Bonchev–Trinajstić information content (AvgIpc) is 3.17. The lowest BCUT2D eigenvalue weighted by Crippen LogP contribution is -2.27. The van der Waals surface area contributed by atoms with E-state index in [9.17, 15) is 5.11 Å². The Bertz CT molecular complexity index is 404. The molecule has 0 radical (unpaired) electrons. The minimum absolute atomic E-state index is 0.139. The van der Waals surface area contributed by atoms with E-state index < -0.39 is 0 Å². The van der Waals surface area contributed by atoms with E-state index in [-0.39, 0.29) is 12.1 Å². The molecule has 100 valence electrons. The third kappa shape index (κ3) is 2.72. The van der Waals surface area contributed by atoms with E-state index in [4.69, 9.17) is 0 Å². The fourth-order valence-electron chi connectivity index (χ4n) is 1.98. The SMILES string of the molecule is CCCNc1ncnc(NC2(CO)CC2)c1CC. The highest BCUT2D eigenvalue weighted by Crippen LogP contribution is 2.39. The van der Waals surface area contributed by atoms with Crippen molar-refractivity contribution in [3.8, 4) is 0 Å². The molecular weight excluding hydrogens is 228 g/mol. The predicted molar refractivity (Wildman–Crippen MR) is 72.9 cm³/mol. The lowest BCUT2D eigenvalue weighted by atomic mass is 10.2. The molecule has 1 aromatic heterocycles. The molecule has 0 aromatic carbocycles. The van der Waals surface area contributed by atoms with Crippen molar-refractivity contribution in [2.45, 2.75) is 45.1 Å². The van der Waals surface area contributed by atoms with Crippen LogP contribution in [0.15, 0.2) is 6.33 Å². The van der Waals surface area contributed by atoms with E-state index in [1.807, 2.05) is 0 Å². The Kier molecular flexibility index (Phi) is 4.01. The number of aliphatic hydroxyl groups excluding tert-OH is 1. The van der Waals surface area contributed by atoms with Gasteiger partial charge in [-0.1, -0.05) is 13.8 Å². The van der Waals surface area contributed by atoms with E-state index in [2.05, 4.69) is 34.4 Å². The van der Waals surface area contributed by atoms with Gasteiger partial charge < -0.3 is 15.7 Å². The zero-order valence-corrected chi connectivity index (χ0v) is 11.2. The summed E-state index contributed by atoms with van der Waals surface area (Å²) in [5.41, 5.74) is 0.964. The molecule has 0 saturated heterocycles. The molecule has 5 nitrogen and oxygen atoms in total. The van der Waals surface area contributed by atoms with Gasteiger partial charge in [-0.2, -0.15) is 0 Å². The quantitative estimate of drug-likeness (QED) is 0.688. The lowest BCUT2D eigenvalue weighted by molar-refractivity contribution is 0.266. The number of hydrogen-bond acceptors (Lipinski definition) is 5. The van der Waals surface area contributed by atoms with Gasteiger partial charge in [-0.05, 0) is 25.7 Å². The van der Waals surface area contributed by atoms with Crippen molar-refractivity contribution < 1.29 is 5.11 Å². The van der Waals surface area contributed by atoms with Gasteiger partial charge in [0.15, 0.2) is 0 Å². The maximum Gasteiger partial charge on any atom is 0.135 e. The molecule has 0 amide bonds. The fraction of sp³-hybridized carbons (Fsp3) is 0.692. The first kappa shape index (κ1) is 13.1. The first-order chi connectivity index (χ1) is 8.74. The van der Waals surface area contributed by atoms with Crippen LogP contribution >= 0.6 is 0 Å². The number of nitrogens with one attached hydrogen (secondary N) is 2. The van der Waals surface area contributed by atoms with Crippen molar-refractivity contribution in [3.05, 3.63) is 11.9 Å². The molecule has 0 aliphatic heterocycles. The zero-order chi connectivity index (χ0) is 13.0. The topological polar surface area (TPSA) is 70.1 Å². The van der Waals surface area contributed by atoms with Crippen molar-refractivity contribution in [1.29, 1.82) is 0 Å². The van der Waals surface area contributed by atoms with Crippen LogP contribution in [0.1, 0.15) is 38.7 Å². The Morgan fingerprint density at radius 3 is 2.56 bits per heavy atom. The van der Waals surface area contributed by atoms with Crippen LogP contribution in [-0.2, 0) is 6.42 Å². The van der Waals surface area contributed by atoms with Gasteiger partial charge in [0.1, 0.15) is 18.0 Å². The molecule has 1 heterocycles. The molecule has 0 spiro atoms. The van der Waals surface area contributed by atoms with Crippen molar-refractivity contribution in [1.82, 2.24) is 9.97 Å². The molecule has 18 heavy (non-hydrogen) atoms. The van der Waals surface area contributed by atoms with E-state index in [0.717, 1.165) is 49.4 Å². The molecule has 3 N–H and O–H groups in total. The highest BCUT2D eigenvalue weighted by Gasteiger charge is 2.42. The van der Waals surface area contributed by atoms with Crippen LogP contribution in [0.4, 0.5) is 11.6 Å². The van der Waals surface area contributed by atoms with E-state index >= 15 is 0 Å². The van der Waals surface area contributed by atoms with Crippen LogP contribution in [0.2, 0.25) is 0 Å². The van der Waals surface area contributed by atoms with Gasteiger partial charge >= 0.3 is 0 Å². The summed E-state index contributed by atoms with van der Waals surface area (Å²) in [6, 6.07) is 0. The molecule has 1 aromatic rings. The van der Waals surface area contributed by atoms with E-state index in [1.54, 1.807) is 6.33 Å². The third-order valence-corrected chi connectivity index (χ3v) is 3.38. The minimum Gasteiger partial charge on any atom is -0.394 e. The van der Waals surface area contributed by atoms with E-state index in [0.29, 0.717) is 0 Å². The standard InChI is InChI=1S/C13H22N4O/c1-3-7-14-11-10(4-2)12(16-9-15-11)17-13(8-18)5-6-13/h9,18H,3-8H2,1-2H3,(H2,14,15,16,17). The molecule has 1 fully saturated rings. The smallest absolute Gasteiger partial charge is 0.135 e. The van der Waals surface area contributed by atoms with Gasteiger partial charge in [-0.3, -0.25) is 0 Å². The highest BCUT2D eigenvalue weighted by molar-refractivity contribution is 5.59. The fourth-order valence-corrected chi connectivity index (χ4v) is 1.98. The van der Waals surface area contributed by atoms with Crippen molar-refractivity contribution in [3.63, 3.8) is 0 Å². The van der Waals surface area contributed by atoms with Gasteiger partial charge in [-0.25, -0.2) is 9.97 Å². The Balaban J connectivity index is 2.18. The summed E-state index contributed by atoms with van der Waals surface area (Å²) in [6.45, 7) is 5.30.